The normalized spacial score (nSPS) is 14.0. The van der Waals surface area contributed by atoms with Crippen molar-refractivity contribution in [3.63, 3.8) is 0 Å². The highest BCUT2D eigenvalue weighted by Gasteiger charge is 2.27. The summed E-state index contributed by atoms with van der Waals surface area (Å²) in [4.78, 5) is 27.9. The van der Waals surface area contributed by atoms with Crippen molar-refractivity contribution >= 4 is 28.3 Å². The third-order valence-electron chi connectivity index (χ3n) is 4.19. The lowest BCUT2D eigenvalue weighted by molar-refractivity contribution is -0.154. The van der Waals surface area contributed by atoms with E-state index in [1.165, 1.54) is 16.9 Å². The summed E-state index contributed by atoms with van der Waals surface area (Å²) in [6.45, 7) is 1.86. The number of nitrogens with zero attached hydrogens (tertiary/aromatic N) is 1. The van der Waals surface area contributed by atoms with Crippen LogP contribution in [0, 0.1) is 5.92 Å². The number of aromatic nitrogens is 1. The Hall–Kier alpha value is -2.21. The van der Waals surface area contributed by atoms with Gasteiger partial charge in [0.2, 0.25) is 0 Å². The summed E-state index contributed by atoms with van der Waals surface area (Å²) < 4.78 is 5.02. The maximum absolute atomic E-state index is 11.9. The highest BCUT2D eigenvalue weighted by Crippen LogP contribution is 2.27. The first-order valence-corrected chi connectivity index (χ1v) is 9.05. The number of carbonyl (C=O) groups excluding carboxylic acids is 2. The molecule has 1 fully saturated rings. The zero-order valence-corrected chi connectivity index (χ0v) is 14.4. The molecule has 0 saturated heterocycles. The van der Waals surface area contributed by atoms with Gasteiger partial charge < -0.3 is 4.74 Å². The van der Waals surface area contributed by atoms with Gasteiger partial charge in [0, 0.05) is 10.9 Å². The number of aryl methyl sites for hydroxylation is 1. The van der Waals surface area contributed by atoms with E-state index in [2.05, 4.69) is 29.4 Å². The largest absolute Gasteiger partial charge is 0.455 e. The van der Waals surface area contributed by atoms with Crippen molar-refractivity contribution in [2.45, 2.75) is 32.6 Å². The van der Waals surface area contributed by atoms with E-state index < -0.39 is 0 Å². The van der Waals surface area contributed by atoms with Crippen LogP contribution in [0.4, 0.5) is 5.13 Å². The first-order chi connectivity index (χ1) is 11.7. The van der Waals surface area contributed by atoms with E-state index in [1.807, 2.05) is 17.5 Å². The Morgan fingerprint density at radius 1 is 1.29 bits per heavy atom. The van der Waals surface area contributed by atoms with Gasteiger partial charge in [0.15, 0.2) is 11.7 Å². The summed E-state index contributed by atoms with van der Waals surface area (Å²) >= 11 is 1.36. The van der Waals surface area contributed by atoms with Gasteiger partial charge in [-0.05, 0) is 24.8 Å². The SMILES string of the molecule is CCc1ccc(-c2csc(NC(=O)COC(=O)C3CCC3)n2)cc1. The fourth-order valence-electron chi connectivity index (χ4n) is 2.43. The van der Waals surface area contributed by atoms with Crippen molar-refractivity contribution in [1.82, 2.24) is 4.98 Å². The fourth-order valence-corrected chi connectivity index (χ4v) is 3.16. The van der Waals surface area contributed by atoms with Gasteiger partial charge in [-0.25, -0.2) is 4.98 Å². The molecule has 2 aromatic rings. The maximum atomic E-state index is 11.9. The molecule has 3 rings (SSSR count). The molecule has 1 aliphatic carbocycles. The molecule has 0 radical (unpaired) electrons. The summed E-state index contributed by atoms with van der Waals surface area (Å²) in [7, 11) is 0. The monoisotopic (exact) mass is 344 g/mol. The number of nitrogens with one attached hydrogen (secondary N) is 1. The van der Waals surface area contributed by atoms with Crippen LogP contribution in [0.1, 0.15) is 31.7 Å². The smallest absolute Gasteiger partial charge is 0.309 e. The number of hydrogen-bond donors (Lipinski definition) is 1. The minimum atomic E-state index is -0.357. The summed E-state index contributed by atoms with van der Waals surface area (Å²) in [6.07, 6.45) is 3.80. The quantitative estimate of drug-likeness (QED) is 0.812. The lowest BCUT2D eigenvalue weighted by atomic mass is 9.86. The fraction of sp³-hybridized carbons (Fsp3) is 0.389. The molecule has 0 spiro atoms. The van der Waals surface area contributed by atoms with Crippen molar-refractivity contribution in [3.05, 3.63) is 35.2 Å². The Morgan fingerprint density at radius 3 is 2.67 bits per heavy atom. The van der Waals surface area contributed by atoms with Crippen LogP contribution in [-0.4, -0.2) is 23.5 Å². The second kappa shape index (κ2) is 7.57. The average molecular weight is 344 g/mol. The van der Waals surface area contributed by atoms with E-state index >= 15 is 0 Å². The second-order valence-corrected chi connectivity index (χ2v) is 6.73. The van der Waals surface area contributed by atoms with Crippen molar-refractivity contribution in [3.8, 4) is 11.3 Å². The number of rotatable bonds is 6. The van der Waals surface area contributed by atoms with Gasteiger partial charge in [-0.1, -0.05) is 37.6 Å². The molecule has 1 aliphatic rings. The lowest BCUT2D eigenvalue weighted by Gasteiger charge is -2.22. The molecule has 0 bridgehead atoms. The molecule has 1 aromatic heterocycles. The minimum absolute atomic E-state index is 0.0182. The van der Waals surface area contributed by atoms with Gasteiger partial charge in [-0.2, -0.15) is 0 Å². The highest BCUT2D eigenvalue weighted by molar-refractivity contribution is 7.14. The molecule has 0 atom stereocenters. The predicted octanol–water partition coefficient (Wildman–Crippen LogP) is 3.65. The van der Waals surface area contributed by atoms with E-state index in [4.69, 9.17) is 4.74 Å². The van der Waals surface area contributed by atoms with Crippen LogP contribution >= 0.6 is 11.3 Å². The standard InChI is InChI=1S/C18H20N2O3S/c1-2-12-6-8-13(9-7-12)15-11-24-18(19-15)20-16(21)10-23-17(22)14-4-3-5-14/h6-9,11,14H,2-5,10H2,1H3,(H,19,20,21). The molecule has 126 valence electrons. The summed E-state index contributed by atoms with van der Waals surface area (Å²) in [5.41, 5.74) is 3.11. The topological polar surface area (TPSA) is 68.3 Å². The molecular formula is C18H20N2O3S. The molecule has 1 heterocycles. The van der Waals surface area contributed by atoms with Crippen LogP contribution in [0.15, 0.2) is 29.6 Å². The van der Waals surface area contributed by atoms with Crippen molar-refractivity contribution in [2.24, 2.45) is 5.92 Å². The van der Waals surface area contributed by atoms with E-state index in [0.29, 0.717) is 5.13 Å². The summed E-state index contributed by atoms with van der Waals surface area (Å²) in [5.74, 6) is -0.646. The molecule has 24 heavy (non-hydrogen) atoms. The Balaban J connectivity index is 1.52. The molecule has 1 amide bonds. The number of anilines is 1. The number of amides is 1. The minimum Gasteiger partial charge on any atom is -0.455 e. The molecule has 0 unspecified atom stereocenters. The van der Waals surface area contributed by atoms with Gasteiger partial charge in [0.25, 0.3) is 5.91 Å². The molecule has 1 N–H and O–H groups in total. The van der Waals surface area contributed by atoms with Gasteiger partial charge in [0.05, 0.1) is 11.6 Å². The van der Waals surface area contributed by atoms with Crippen molar-refractivity contribution in [2.75, 3.05) is 11.9 Å². The zero-order valence-electron chi connectivity index (χ0n) is 13.6. The van der Waals surface area contributed by atoms with Crippen LogP contribution in [0.5, 0.6) is 0 Å². The van der Waals surface area contributed by atoms with Crippen LogP contribution in [0.2, 0.25) is 0 Å². The number of esters is 1. The third kappa shape index (κ3) is 4.00. The maximum Gasteiger partial charge on any atom is 0.309 e. The van der Waals surface area contributed by atoms with Crippen LogP contribution in [0.3, 0.4) is 0 Å². The molecular weight excluding hydrogens is 324 g/mol. The molecule has 5 nitrogen and oxygen atoms in total. The molecule has 1 saturated carbocycles. The number of hydrogen-bond acceptors (Lipinski definition) is 5. The lowest BCUT2D eigenvalue weighted by Crippen LogP contribution is -2.28. The van der Waals surface area contributed by atoms with Gasteiger partial charge >= 0.3 is 5.97 Å². The first-order valence-electron chi connectivity index (χ1n) is 8.17. The number of thiazole rings is 1. The van der Waals surface area contributed by atoms with Crippen molar-refractivity contribution < 1.29 is 14.3 Å². The Bertz CT molecular complexity index is 720. The molecule has 6 heteroatoms. The van der Waals surface area contributed by atoms with Gasteiger partial charge in [-0.15, -0.1) is 11.3 Å². The predicted molar refractivity (Wildman–Crippen MR) is 93.9 cm³/mol. The average Bonchev–Trinajstić information content (AvgIpc) is 3.00. The van der Waals surface area contributed by atoms with Gasteiger partial charge in [-0.3, -0.25) is 14.9 Å². The Kier molecular flexibility index (Phi) is 5.25. The Morgan fingerprint density at radius 2 is 2.04 bits per heavy atom. The molecule has 1 aromatic carbocycles. The van der Waals surface area contributed by atoms with Gasteiger partial charge in [0.1, 0.15) is 0 Å². The zero-order chi connectivity index (χ0) is 16.9. The number of benzene rings is 1. The van der Waals surface area contributed by atoms with E-state index in [9.17, 15) is 9.59 Å². The highest BCUT2D eigenvalue weighted by atomic mass is 32.1. The third-order valence-corrected chi connectivity index (χ3v) is 4.95. The first kappa shape index (κ1) is 16.6. The van der Waals surface area contributed by atoms with E-state index in [1.54, 1.807) is 0 Å². The van der Waals surface area contributed by atoms with E-state index in [0.717, 1.165) is 36.9 Å². The van der Waals surface area contributed by atoms with Crippen LogP contribution in [0.25, 0.3) is 11.3 Å². The second-order valence-electron chi connectivity index (χ2n) is 5.87. The molecule has 0 aliphatic heterocycles. The van der Waals surface area contributed by atoms with E-state index in [-0.39, 0.29) is 24.4 Å². The number of carbonyl (C=O) groups is 2. The Labute approximate surface area is 145 Å². The summed E-state index contributed by atoms with van der Waals surface area (Å²) in [5, 5.41) is 5.08. The van der Waals surface area contributed by atoms with Crippen LogP contribution in [-0.2, 0) is 20.7 Å². The van der Waals surface area contributed by atoms with Crippen LogP contribution < -0.4 is 5.32 Å². The number of ether oxygens (including phenoxy) is 1. The summed E-state index contributed by atoms with van der Waals surface area (Å²) in [6, 6.07) is 8.21. The van der Waals surface area contributed by atoms with Crippen molar-refractivity contribution in [1.29, 1.82) is 0 Å².